The molecule has 4 heteroatoms. The molecule has 96 valence electrons. The van der Waals surface area contributed by atoms with Crippen LogP contribution in [0.3, 0.4) is 0 Å². The zero-order valence-corrected chi connectivity index (χ0v) is 10.7. The molecule has 3 aliphatic heterocycles. The molecule has 3 saturated heterocycles. The van der Waals surface area contributed by atoms with Gasteiger partial charge in [0, 0.05) is 12.6 Å². The predicted octanol–water partition coefficient (Wildman–Crippen LogP) is 0.905. The lowest BCUT2D eigenvalue weighted by molar-refractivity contribution is -0.132. The van der Waals surface area contributed by atoms with Crippen LogP contribution < -0.4 is 5.32 Å². The highest BCUT2D eigenvalue weighted by atomic mass is 16.5. The van der Waals surface area contributed by atoms with Crippen LogP contribution in [0.15, 0.2) is 0 Å². The summed E-state index contributed by atoms with van der Waals surface area (Å²) >= 11 is 0. The van der Waals surface area contributed by atoms with E-state index in [2.05, 4.69) is 24.1 Å². The highest BCUT2D eigenvalue weighted by Gasteiger charge is 2.47. The van der Waals surface area contributed by atoms with E-state index in [-0.39, 0.29) is 6.04 Å². The van der Waals surface area contributed by atoms with Crippen molar-refractivity contribution in [2.45, 2.75) is 69.9 Å². The topological polar surface area (TPSA) is 41.6 Å². The highest BCUT2D eigenvalue weighted by molar-refractivity contribution is 5.84. The summed E-state index contributed by atoms with van der Waals surface area (Å²) in [5.74, 6) is 0.292. The number of amides is 1. The number of hydrogen-bond acceptors (Lipinski definition) is 3. The molecule has 17 heavy (non-hydrogen) atoms. The second-order valence-electron chi connectivity index (χ2n) is 5.87. The Morgan fingerprint density at radius 3 is 2.76 bits per heavy atom. The minimum absolute atomic E-state index is 0.0362. The Labute approximate surface area is 103 Å². The predicted molar refractivity (Wildman–Crippen MR) is 64.7 cm³/mol. The van der Waals surface area contributed by atoms with Crippen molar-refractivity contribution in [2.75, 3.05) is 6.54 Å². The Kier molecular flexibility index (Phi) is 2.87. The van der Waals surface area contributed by atoms with Crippen molar-refractivity contribution < 1.29 is 9.53 Å². The van der Waals surface area contributed by atoms with Gasteiger partial charge in [-0.1, -0.05) is 13.8 Å². The molecule has 0 aromatic heterocycles. The normalized spacial score (nSPS) is 40.9. The van der Waals surface area contributed by atoms with Gasteiger partial charge >= 0.3 is 0 Å². The van der Waals surface area contributed by atoms with Crippen LogP contribution in [-0.2, 0) is 9.53 Å². The van der Waals surface area contributed by atoms with Gasteiger partial charge in [0.15, 0.2) is 0 Å². The van der Waals surface area contributed by atoms with Gasteiger partial charge in [0.25, 0.3) is 0 Å². The first-order valence-electron chi connectivity index (χ1n) is 6.87. The summed E-state index contributed by atoms with van der Waals surface area (Å²) in [7, 11) is 0. The summed E-state index contributed by atoms with van der Waals surface area (Å²) in [5.41, 5.74) is 0. The average molecular weight is 238 g/mol. The largest absolute Gasteiger partial charge is 0.373 e. The number of hydrogen-bond donors (Lipinski definition) is 1. The number of nitrogens with zero attached hydrogens (tertiary/aromatic N) is 1. The minimum Gasteiger partial charge on any atom is -0.373 e. The van der Waals surface area contributed by atoms with E-state index in [1.165, 1.54) is 6.42 Å². The number of rotatable bonds is 3. The molecule has 4 unspecified atom stereocenters. The first kappa shape index (κ1) is 11.5. The molecule has 1 amide bonds. The molecular weight excluding hydrogens is 216 g/mol. The number of carbonyl (C=O) groups is 1. The van der Waals surface area contributed by atoms with Gasteiger partial charge in [0.2, 0.25) is 5.91 Å². The van der Waals surface area contributed by atoms with Crippen LogP contribution in [-0.4, -0.2) is 47.7 Å². The van der Waals surface area contributed by atoms with Crippen LogP contribution in [0.2, 0.25) is 0 Å². The fourth-order valence-corrected chi connectivity index (χ4v) is 3.53. The fraction of sp³-hybridized carbons (Fsp3) is 0.923. The zero-order chi connectivity index (χ0) is 12.0. The summed E-state index contributed by atoms with van der Waals surface area (Å²) in [4.78, 5) is 14.4. The van der Waals surface area contributed by atoms with Gasteiger partial charge in [-0.2, -0.15) is 0 Å². The molecule has 0 radical (unpaired) electrons. The Balaban J connectivity index is 1.64. The summed E-state index contributed by atoms with van der Waals surface area (Å²) < 4.78 is 5.85. The van der Waals surface area contributed by atoms with E-state index in [0.717, 1.165) is 25.8 Å². The number of ether oxygens (including phenoxy) is 1. The molecule has 3 fully saturated rings. The van der Waals surface area contributed by atoms with Gasteiger partial charge in [-0.15, -0.1) is 0 Å². The number of likely N-dealkylation sites (tertiary alicyclic amines) is 1. The standard InChI is InChI=1S/C13H22N2O2/c1-8(2)14-10-5-6-15(13(10)16)11-7-9-3-4-12(11)17-9/h8-12,14H,3-7H2,1-2H3. The molecule has 0 aliphatic carbocycles. The molecule has 0 spiro atoms. The Morgan fingerprint density at radius 1 is 1.35 bits per heavy atom. The van der Waals surface area contributed by atoms with E-state index in [1.54, 1.807) is 0 Å². The van der Waals surface area contributed by atoms with Crippen molar-refractivity contribution in [3.63, 3.8) is 0 Å². The van der Waals surface area contributed by atoms with Crippen LogP contribution in [0.25, 0.3) is 0 Å². The van der Waals surface area contributed by atoms with Crippen LogP contribution >= 0.6 is 0 Å². The summed E-state index contributed by atoms with van der Waals surface area (Å²) in [6.07, 6.45) is 5.09. The third kappa shape index (κ3) is 1.97. The molecule has 0 aromatic carbocycles. The van der Waals surface area contributed by atoms with E-state index in [0.29, 0.717) is 30.2 Å². The van der Waals surface area contributed by atoms with Crippen LogP contribution in [0.1, 0.15) is 39.5 Å². The number of carbonyl (C=O) groups excluding carboxylic acids is 1. The van der Waals surface area contributed by atoms with Gasteiger partial charge in [0.1, 0.15) is 0 Å². The van der Waals surface area contributed by atoms with Crippen molar-refractivity contribution in [3.05, 3.63) is 0 Å². The number of nitrogens with one attached hydrogen (secondary N) is 1. The highest BCUT2D eigenvalue weighted by Crippen LogP contribution is 2.38. The lowest BCUT2D eigenvalue weighted by Gasteiger charge is -2.29. The van der Waals surface area contributed by atoms with E-state index < -0.39 is 0 Å². The minimum atomic E-state index is 0.0362. The van der Waals surface area contributed by atoms with Gasteiger partial charge in [-0.05, 0) is 25.7 Å². The first-order valence-corrected chi connectivity index (χ1v) is 6.87. The second kappa shape index (κ2) is 4.25. The van der Waals surface area contributed by atoms with Crippen LogP contribution in [0.5, 0.6) is 0 Å². The van der Waals surface area contributed by atoms with E-state index in [1.807, 2.05) is 0 Å². The summed E-state index contributed by atoms with van der Waals surface area (Å²) in [5, 5.41) is 3.36. The molecule has 4 nitrogen and oxygen atoms in total. The quantitative estimate of drug-likeness (QED) is 0.794. The maximum absolute atomic E-state index is 12.3. The van der Waals surface area contributed by atoms with Crippen molar-refractivity contribution in [2.24, 2.45) is 0 Å². The van der Waals surface area contributed by atoms with E-state index >= 15 is 0 Å². The monoisotopic (exact) mass is 238 g/mol. The van der Waals surface area contributed by atoms with Crippen molar-refractivity contribution in [3.8, 4) is 0 Å². The molecule has 3 aliphatic rings. The molecule has 3 rings (SSSR count). The van der Waals surface area contributed by atoms with Crippen molar-refractivity contribution in [1.29, 1.82) is 0 Å². The van der Waals surface area contributed by atoms with E-state index in [4.69, 9.17) is 4.74 Å². The fourth-order valence-electron chi connectivity index (χ4n) is 3.53. The summed E-state index contributed by atoms with van der Waals surface area (Å²) in [6.45, 7) is 5.09. The first-order chi connectivity index (χ1) is 8.15. The lowest BCUT2D eigenvalue weighted by atomic mass is 9.94. The van der Waals surface area contributed by atoms with Gasteiger partial charge in [-0.25, -0.2) is 0 Å². The van der Waals surface area contributed by atoms with Gasteiger partial charge in [-0.3, -0.25) is 4.79 Å². The average Bonchev–Trinajstić information content (AvgIpc) is 2.94. The molecule has 1 N–H and O–H groups in total. The molecule has 3 heterocycles. The molecule has 4 atom stereocenters. The van der Waals surface area contributed by atoms with Crippen LogP contribution in [0.4, 0.5) is 0 Å². The second-order valence-corrected chi connectivity index (χ2v) is 5.87. The SMILES string of the molecule is CC(C)NC1CCN(C2CC3CCC2O3)C1=O. The smallest absolute Gasteiger partial charge is 0.240 e. The Hall–Kier alpha value is -0.610. The summed E-state index contributed by atoms with van der Waals surface area (Å²) in [6, 6.07) is 0.773. The van der Waals surface area contributed by atoms with Crippen LogP contribution in [0, 0.1) is 0 Å². The molecule has 2 bridgehead atoms. The molecule has 0 aromatic rings. The number of fused-ring (bicyclic) bond motifs is 2. The molecule has 0 saturated carbocycles. The third-order valence-corrected chi connectivity index (χ3v) is 4.25. The Bertz CT molecular complexity index is 319. The maximum Gasteiger partial charge on any atom is 0.240 e. The van der Waals surface area contributed by atoms with Gasteiger partial charge in [0.05, 0.1) is 24.3 Å². The van der Waals surface area contributed by atoms with Crippen molar-refractivity contribution >= 4 is 5.91 Å². The zero-order valence-electron chi connectivity index (χ0n) is 10.7. The maximum atomic E-state index is 12.3. The van der Waals surface area contributed by atoms with Crippen molar-refractivity contribution in [1.82, 2.24) is 10.2 Å². The lowest BCUT2D eigenvalue weighted by Crippen LogP contribution is -2.47. The van der Waals surface area contributed by atoms with Gasteiger partial charge < -0.3 is 15.0 Å². The Morgan fingerprint density at radius 2 is 2.18 bits per heavy atom. The molecular formula is C13H22N2O2. The van der Waals surface area contributed by atoms with E-state index in [9.17, 15) is 4.79 Å². The third-order valence-electron chi connectivity index (χ3n) is 4.25.